The van der Waals surface area contributed by atoms with Crippen molar-refractivity contribution in [1.29, 1.82) is 0 Å². The topological polar surface area (TPSA) is 105 Å². The van der Waals surface area contributed by atoms with Crippen molar-refractivity contribution < 1.29 is 34.3 Å². The van der Waals surface area contributed by atoms with Crippen LogP contribution >= 0.6 is 0 Å². The van der Waals surface area contributed by atoms with Gasteiger partial charge in [-0.2, -0.15) is 0 Å². The Balaban J connectivity index is 2.66. The van der Waals surface area contributed by atoms with Crippen molar-refractivity contribution in [1.82, 2.24) is 0 Å². The van der Waals surface area contributed by atoms with Crippen LogP contribution in [0.2, 0.25) is 0 Å². The van der Waals surface area contributed by atoms with E-state index in [1.54, 1.807) is 13.8 Å². The summed E-state index contributed by atoms with van der Waals surface area (Å²) in [5.74, 6) is -1.61. The monoisotopic (exact) mass is 276 g/mol. The zero-order valence-electron chi connectivity index (χ0n) is 11.1. The molecule has 0 aliphatic carbocycles. The number of carbonyl (C=O) groups is 1. The Labute approximate surface area is 111 Å². The molecule has 0 aromatic rings. The SMILES string of the molecule is COC(=O)/C=C/[C@H](O)[C@@H](O)[C@H]1OC(C)(C)OC[C@H]1O. The first-order valence-electron chi connectivity index (χ1n) is 5.89. The molecule has 19 heavy (non-hydrogen) atoms. The van der Waals surface area contributed by atoms with Gasteiger partial charge in [-0.15, -0.1) is 0 Å². The molecule has 0 saturated carbocycles. The summed E-state index contributed by atoms with van der Waals surface area (Å²) >= 11 is 0. The molecule has 0 aromatic carbocycles. The van der Waals surface area contributed by atoms with Crippen molar-refractivity contribution in [2.75, 3.05) is 13.7 Å². The van der Waals surface area contributed by atoms with Gasteiger partial charge >= 0.3 is 5.97 Å². The standard InChI is InChI=1S/C12H20O7/c1-12(2)18-6-8(14)11(19-12)10(16)7(13)4-5-9(15)17-3/h4-5,7-8,10-11,13-14,16H,6H2,1-3H3/b5-4+/t7-,8+,10+,11-/m0/s1. The molecule has 3 N–H and O–H groups in total. The van der Waals surface area contributed by atoms with Crippen LogP contribution in [0.4, 0.5) is 0 Å². The smallest absolute Gasteiger partial charge is 0.330 e. The Kier molecular flexibility index (Phi) is 5.45. The van der Waals surface area contributed by atoms with Gasteiger partial charge in [0.25, 0.3) is 0 Å². The van der Waals surface area contributed by atoms with Gasteiger partial charge in [-0.3, -0.25) is 0 Å². The van der Waals surface area contributed by atoms with E-state index in [4.69, 9.17) is 9.47 Å². The first-order valence-corrected chi connectivity index (χ1v) is 5.89. The lowest BCUT2D eigenvalue weighted by atomic mass is 10.0. The minimum absolute atomic E-state index is 0.0117. The average molecular weight is 276 g/mol. The van der Waals surface area contributed by atoms with Gasteiger partial charge in [0.2, 0.25) is 0 Å². The van der Waals surface area contributed by atoms with E-state index in [0.717, 1.165) is 12.2 Å². The van der Waals surface area contributed by atoms with E-state index in [1.165, 1.54) is 7.11 Å². The maximum atomic E-state index is 10.9. The Morgan fingerprint density at radius 2 is 2.11 bits per heavy atom. The number of carbonyl (C=O) groups excluding carboxylic acids is 1. The molecule has 7 nitrogen and oxygen atoms in total. The van der Waals surface area contributed by atoms with E-state index in [-0.39, 0.29) is 6.61 Å². The van der Waals surface area contributed by atoms with Gasteiger partial charge in [0.1, 0.15) is 24.4 Å². The van der Waals surface area contributed by atoms with Crippen LogP contribution in [0.5, 0.6) is 0 Å². The normalized spacial score (nSPS) is 30.0. The lowest BCUT2D eigenvalue weighted by molar-refractivity contribution is -0.322. The summed E-state index contributed by atoms with van der Waals surface area (Å²) in [6.07, 6.45) is -2.77. The lowest BCUT2D eigenvalue weighted by Crippen LogP contribution is -2.56. The van der Waals surface area contributed by atoms with Gasteiger partial charge in [0, 0.05) is 6.08 Å². The quantitative estimate of drug-likeness (QED) is 0.444. The minimum atomic E-state index is -1.39. The summed E-state index contributed by atoms with van der Waals surface area (Å²) in [4.78, 5) is 10.9. The van der Waals surface area contributed by atoms with E-state index >= 15 is 0 Å². The molecule has 0 aromatic heterocycles. The summed E-state index contributed by atoms with van der Waals surface area (Å²) in [6, 6.07) is 0. The largest absolute Gasteiger partial charge is 0.466 e. The predicted octanol–water partition coefficient (Wildman–Crippen LogP) is -1.05. The average Bonchev–Trinajstić information content (AvgIpc) is 2.37. The summed E-state index contributed by atoms with van der Waals surface area (Å²) in [6.45, 7) is 3.26. The van der Waals surface area contributed by atoms with Crippen LogP contribution < -0.4 is 0 Å². The zero-order chi connectivity index (χ0) is 14.6. The van der Waals surface area contributed by atoms with Crippen LogP contribution in [0.25, 0.3) is 0 Å². The molecule has 7 heteroatoms. The van der Waals surface area contributed by atoms with Crippen molar-refractivity contribution in [3.8, 4) is 0 Å². The Hall–Kier alpha value is -0.990. The number of hydrogen-bond acceptors (Lipinski definition) is 7. The van der Waals surface area contributed by atoms with Gasteiger partial charge < -0.3 is 29.5 Å². The first-order chi connectivity index (χ1) is 8.76. The van der Waals surface area contributed by atoms with Gasteiger partial charge in [0.15, 0.2) is 5.79 Å². The highest BCUT2D eigenvalue weighted by Crippen LogP contribution is 2.25. The summed E-state index contributed by atoms with van der Waals surface area (Å²) in [5, 5.41) is 29.4. The Bertz CT molecular complexity index is 339. The van der Waals surface area contributed by atoms with Crippen molar-refractivity contribution in [2.24, 2.45) is 0 Å². The third-order valence-electron chi connectivity index (χ3n) is 2.72. The molecule has 1 saturated heterocycles. The number of rotatable bonds is 4. The van der Waals surface area contributed by atoms with E-state index in [2.05, 4.69) is 4.74 Å². The maximum Gasteiger partial charge on any atom is 0.330 e. The summed E-state index contributed by atoms with van der Waals surface area (Å²) < 4.78 is 14.9. The van der Waals surface area contributed by atoms with Crippen LogP contribution in [-0.2, 0) is 19.0 Å². The van der Waals surface area contributed by atoms with E-state index in [0.29, 0.717) is 0 Å². The molecular formula is C12H20O7. The molecule has 1 aliphatic rings. The number of esters is 1. The molecule has 1 fully saturated rings. The van der Waals surface area contributed by atoms with Gasteiger partial charge in [-0.25, -0.2) is 4.79 Å². The van der Waals surface area contributed by atoms with Crippen LogP contribution in [-0.4, -0.2) is 65.2 Å². The highest BCUT2D eigenvalue weighted by Gasteiger charge is 2.41. The van der Waals surface area contributed by atoms with E-state index in [1.807, 2.05) is 0 Å². The second-order valence-electron chi connectivity index (χ2n) is 4.72. The Morgan fingerprint density at radius 1 is 1.47 bits per heavy atom. The third-order valence-corrected chi connectivity index (χ3v) is 2.72. The molecule has 1 aliphatic heterocycles. The fourth-order valence-corrected chi connectivity index (χ4v) is 1.67. The Morgan fingerprint density at radius 3 is 2.68 bits per heavy atom. The number of ether oxygens (including phenoxy) is 3. The zero-order valence-corrected chi connectivity index (χ0v) is 11.1. The molecule has 110 valence electrons. The van der Waals surface area contributed by atoms with Crippen LogP contribution in [0.1, 0.15) is 13.8 Å². The van der Waals surface area contributed by atoms with E-state index in [9.17, 15) is 20.1 Å². The highest BCUT2D eigenvalue weighted by molar-refractivity contribution is 5.81. The third kappa shape index (κ3) is 4.55. The second kappa shape index (κ2) is 6.44. The highest BCUT2D eigenvalue weighted by atomic mass is 16.7. The number of methoxy groups -OCH3 is 1. The second-order valence-corrected chi connectivity index (χ2v) is 4.72. The van der Waals surface area contributed by atoms with E-state index < -0.39 is 36.2 Å². The number of aliphatic hydroxyl groups excluding tert-OH is 3. The van der Waals surface area contributed by atoms with Crippen molar-refractivity contribution >= 4 is 5.97 Å². The van der Waals surface area contributed by atoms with Gasteiger partial charge in [-0.1, -0.05) is 0 Å². The van der Waals surface area contributed by atoms with Crippen LogP contribution in [0.3, 0.4) is 0 Å². The lowest BCUT2D eigenvalue weighted by Gasteiger charge is -2.41. The molecule has 4 atom stereocenters. The van der Waals surface area contributed by atoms with Gasteiger partial charge in [-0.05, 0) is 19.9 Å². The number of hydrogen-bond donors (Lipinski definition) is 3. The van der Waals surface area contributed by atoms with Crippen LogP contribution in [0.15, 0.2) is 12.2 Å². The predicted molar refractivity (Wildman–Crippen MR) is 64.1 cm³/mol. The molecule has 1 heterocycles. The van der Waals surface area contributed by atoms with Gasteiger partial charge in [0.05, 0.1) is 13.7 Å². The van der Waals surface area contributed by atoms with Crippen LogP contribution in [0, 0.1) is 0 Å². The maximum absolute atomic E-state index is 10.9. The molecule has 0 unspecified atom stereocenters. The molecule has 0 radical (unpaired) electrons. The fourth-order valence-electron chi connectivity index (χ4n) is 1.67. The fraction of sp³-hybridized carbons (Fsp3) is 0.750. The number of aliphatic hydroxyl groups is 3. The van der Waals surface area contributed by atoms with Crippen molar-refractivity contribution in [2.45, 2.75) is 44.1 Å². The van der Waals surface area contributed by atoms with Crippen molar-refractivity contribution in [3.63, 3.8) is 0 Å². The molecule has 1 rings (SSSR count). The summed E-state index contributed by atoms with van der Waals surface area (Å²) in [7, 11) is 1.20. The molecule has 0 amide bonds. The van der Waals surface area contributed by atoms with Crippen molar-refractivity contribution in [3.05, 3.63) is 12.2 Å². The summed E-state index contributed by atoms with van der Waals surface area (Å²) in [5.41, 5.74) is 0. The molecular weight excluding hydrogens is 256 g/mol. The minimum Gasteiger partial charge on any atom is -0.466 e. The molecule has 0 spiro atoms. The first kappa shape index (κ1) is 16.1. The molecule has 0 bridgehead atoms.